The van der Waals surface area contributed by atoms with E-state index in [2.05, 4.69) is 53.3 Å². The summed E-state index contributed by atoms with van der Waals surface area (Å²) >= 11 is 9.14. The number of β-amino-alcohol motifs (C(OH)–C–C–N with tert-alkyl or cyclic N) is 1. The molecule has 0 spiro atoms. The predicted molar refractivity (Wildman–Crippen MR) is 276 cm³/mol. The molecule has 5 N–H and O–H groups in total. The number of halogens is 2. The monoisotopic (exact) mass is 1030 g/mol. The first-order chi connectivity index (χ1) is 33.9. The summed E-state index contributed by atoms with van der Waals surface area (Å²) in [5.41, 5.74) is 5.81. The van der Waals surface area contributed by atoms with Crippen LogP contribution in [0.25, 0.3) is 10.4 Å². The number of aliphatic hydroxyl groups excluding tert-OH is 1. The van der Waals surface area contributed by atoms with Crippen LogP contribution in [0.15, 0.2) is 78.4 Å². The lowest BCUT2D eigenvalue weighted by Crippen LogP contribution is -2.61. The van der Waals surface area contributed by atoms with Crippen molar-refractivity contribution in [3.8, 4) is 16.2 Å². The summed E-state index contributed by atoms with van der Waals surface area (Å²) in [7, 11) is 3.25. The maximum absolute atomic E-state index is 15.2. The van der Waals surface area contributed by atoms with E-state index in [0.29, 0.717) is 72.3 Å². The summed E-state index contributed by atoms with van der Waals surface area (Å²) in [6.07, 6.45) is 0.720. The summed E-state index contributed by atoms with van der Waals surface area (Å²) in [6, 6.07) is 18.7. The van der Waals surface area contributed by atoms with Crippen molar-refractivity contribution < 1.29 is 33.4 Å². The minimum absolute atomic E-state index is 0.0275. The van der Waals surface area contributed by atoms with Gasteiger partial charge in [0.15, 0.2) is 5.67 Å². The van der Waals surface area contributed by atoms with Crippen molar-refractivity contribution in [2.24, 2.45) is 0 Å². The van der Waals surface area contributed by atoms with Crippen LogP contribution in [0.4, 0.5) is 21.8 Å². The first-order valence-corrected chi connectivity index (χ1v) is 25.9. The molecule has 2 aromatic heterocycles. The van der Waals surface area contributed by atoms with Gasteiger partial charge in [-0.05, 0) is 81.0 Å². The number of alkyl halides is 1. The van der Waals surface area contributed by atoms with Crippen LogP contribution >= 0.6 is 34.7 Å². The number of methoxy groups -OCH3 is 1. The molecule has 3 aromatic carbocycles. The van der Waals surface area contributed by atoms with Gasteiger partial charge in [-0.15, -0.1) is 23.1 Å². The number of carbonyl (C=O) groups is 4. The second-order valence-electron chi connectivity index (χ2n) is 18.8. The number of aliphatic hydroxyl groups is 1. The molecule has 2 aliphatic heterocycles. The molecule has 4 heterocycles. The molecule has 2 saturated heterocycles. The Balaban J connectivity index is 0.853. The Morgan fingerprint density at radius 3 is 2.35 bits per heavy atom. The number of benzene rings is 3. The molecule has 4 amide bonds. The van der Waals surface area contributed by atoms with Crippen molar-refractivity contribution in [2.75, 3.05) is 57.5 Å². The van der Waals surface area contributed by atoms with Gasteiger partial charge in [0.25, 0.3) is 11.8 Å². The number of rotatable bonds is 18. The number of piperazine rings is 1. The Hall–Kier alpha value is -5.86. The molecule has 376 valence electrons. The number of hydrogen-bond donors (Lipinski definition) is 5. The molecule has 5 aromatic rings. The zero-order chi connectivity index (χ0) is 50.6. The van der Waals surface area contributed by atoms with Crippen molar-refractivity contribution in [3.05, 3.63) is 111 Å². The molecule has 0 radical (unpaired) electrons. The molecular weight excluding hydrogens is 967 g/mol. The van der Waals surface area contributed by atoms with E-state index in [9.17, 15) is 24.3 Å². The highest BCUT2D eigenvalue weighted by atomic mass is 35.5. The van der Waals surface area contributed by atoms with Crippen LogP contribution in [0.2, 0.25) is 5.02 Å². The van der Waals surface area contributed by atoms with Gasteiger partial charge in [-0.25, -0.2) is 14.4 Å². The van der Waals surface area contributed by atoms with Gasteiger partial charge in [-0.3, -0.25) is 24.1 Å². The van der Waals surface area contributed by atoms with E-state index in [1.54, 1.807) is 42.1 Å². The third kappa shape index (κ3) is 12.1. The highest BCUT2D eigenvalue weighted by Gasteiger charge is 2.54. The quantitative estimate of drug-likeness (QED) is 0.0595. The summed E-state index contributed by atoms with van der Waals surface area (Å²) < 4.78 is 19.8. The predicted octanol–water partition coefficient (Wildman–Crippen LogP) is 7.15. The Bertz CT molecular complexity index is 2730. The largest absolute Gasteiger partial charge is 0.495 e. The van der Waals surface area contributed by atoms with Crippen LogP contribution in [0.1, 0.15) is 78.8 Å². The Morgan fingerprint density at radius 1 is 1.00 bits per heavy atom. The molecule has 4 atom stereocenters. The molecule has 20 heteroatoms. The minimum atomic E-state index is -2.03. The molecule has 0 bridgehead atoms. The molecule has 16 nitrogen and oxygen atoms in total. The number of aryl methyl sites for hydroxylation is 1. The van der Waals surface area contributed by atoms with Gasteiger partial charge >= 0.3 is 0 Å². The zero-order valence-electron chi connectivity index (χ0n) is 40.6. The fraction of sp³-hybridized carbons (Fsp3) is 0.431. The number of amides is 4. The summed E-state index contributed by atoms with van der Waals surface area (Å²) in [5.74, 6) is -0.161. The van der Waals surface area contributed by atoms with Crippen LogP contribution in [0.3, 0.4) is 0 Å². The van der Waals surface area contributed by atoms with E-state index in [0.717, 1.165) is 32.8 Å². The Morgan fingerprint density at radius 2 is 1.70 bits per heavy atom. The molecule has 1 saturated carbocycles. The van der Waals surface area contributed by atoms with Crippen molar-refractivity contribution in [1.29, 1.82) is 0 Å². The van der Waals surface area contributed by atoms with E-state index in [1.165, 1.54) is 30.0 Å². The van der Waals surface area contributed by atoms with E-state index in [4.69, 9.17) is 16.3 Å². The van der Waals surface area contributed by atoms with E-state index >= 15 is 4.39 Å². The Kier molecular flexibility index (Phi) is 15.9. The van der Waals surface area contributed by atoms with Crippen molar-refractivity contribution in [1.82, 2.24) is 40.3 Å². The number of thioether (sulfide) groups is 1. The van der Waals surface area contributed by atoms with E-state index in [1.807, 2.05) is 69.0 Å². The van der Waals surface area contributed by atoms with Gasteiger partial charge in [0.2, 0.25) is 17.8 Å². The van der Waals surface area contributed by atoms with Crippen molar-refractivity contribution in [2.45, 2.75) is 93.9 Å². The highest BCUT2D eigenvalue weighted by molar-refractivity contribution is 7.99. The van der Waals surface area contributed by atoms with Gasteiger partial charge in [0.05, 0.1) is 47.2 Å². The minimum Gasteiger partial charge on any atom is -0.495 e. The third-order valence-corrected chi connectivity index (χ3v) is 16.0. The van der Waals surface area contributed by atoms with E-state index in [-0.39, 0.29) is 31.7 Å². The number of ether oxygens (including phenoxy) is 1. The fourth-order valence-corrected chi connectivity index (χ4v) is 10.8. The van der Waals surface area contributed by atoms with Crippen LogP contribution in [-0.2, 0) is 26.7 Å². The average Bonchev–Trinajstić information content (AvgIpc) is 3.78. The smallest absolute Gasteiger partial charge is 0.258 e. The standard InChI is InChI=1S/C51H60ClFN10O6S2/c1-30(34-11-13-35(14-12-34)42-31(2)56-29-70-42)57-45(65)40-24-37(64)27-63(40)47(67)43(59-48(68)51(53)17-18-51)50(3,4)71-28-33-9-7-32(8-10-33)26-61-19-21-62(22-20-61)46(66)36-15-16-39(41(23-36)69-6)58-49-55-25-38(52)44(54-5)60-49/h7-16,23,25,29-30,37,40,43,64H,17-22,24,26-28H2,1-6H3,(H,57,65)(H,59,68)(H2,54,55,58,60)/t30-,37+,40-,43?/m0/s1. The number of aromatic nitrogens is 3. The molecular formula is C51H60ClFN10O6S2. The topological polar surface area (TPSA) is 194 Å². The van der Waals surface area contributed by atoms with Gasteiger partial charge in [-0.2, -0.15) is 4.98 Å². The number of hydrogen-bond acceptors (Lipinski definition) is 14. The lowest BCUT2D eigenvalue weighted by Gasteiger charge is -2.37. The van der Waals surface area contributed by atoms with Gasteiger partial charge in [0, 0.05) is 68.8 Å². The second kappa shape index (κ2) is 21.9. The lowest BCUT2D eigenvalue weighted by molar-refractivity contribution is -0.143. The summed E-state index contributed by atoms with van der Waals surface area (Å²) in [5, 5.41) is 23.0. The molecule has 3 aliphatic rings. The normalized spacial score (nSPS) is 18.6. The fourth-order valence-electron chi connectivity index (χ4n) is 8.79. The number of nitrogens with one attached hydrogen (secondary N) is 4. The van der Waals surface area contributed by atoms with Crippen LogP contribution < -0.4 is 26.0 Å². The number of anilines is 3. The maximum atomic E-state index is 15.2. The van der Waals surface area contributed by atoms with Crippen molar-refractivity contribution in [3.63, 3.8) is 0 Å². The Labute approximate surface area is 426 Å². The maximum Gasteiger partial charge on any atom is 0.258 e. The van der Waals surface area contributed by atoms with Gasteiger partial charge in [-0.1, -0.05) is 60.1 Å². The van der Waals surface area contributed by atoms with Crippen LogP contribution in [0, 0.1) is 6.92 Å². The third-order valence-electron chi connectivity index (χ3n) is 13.3. The average molecular weight is 1030 g/mol. The molecule has 1 aliphatic carbocycles. The second-order valence-corrected chi connectivity index (χ2v) is 21.7. The first-order valence-electron chi connectivity index (χ1n) is 23.6. The first kappa shape index (κ1) is 51.5. The van der Waals surface area contributed by atoms with Gasteiger partial charge < -0.3 is 40.9 Å². The summed E-state index contributed by atoms with van der Waals surface area (Å²) in [6.45, 7) is 10.6. The number of likely N-dealkylation sites (tertiary alicyclic amines) is 1. The molecule has 8 rings (SSSR count). The highest BCUT2D eigenvalue weighted by Crippen LogP contribution is 2.41. The molecule has 1 unspecified atom stereocenters. The van der Waals surface area contributed by atoms with Crippen LogP contribution in [-0.4, -0.2) is 134 Å². The summed E-state index contributed by atoms with van der Waals surface area (Å²) in [4.78, 5) is 74.9. The van der Waals surface area contributed by atoms with Crippen molar-refractivity contribution >= 4 is 75.8 Å². The van der Waals surface area contributed by atoms with Crippen LogP contribution in [0.5, 0.6) is 5.75 Å². The van der Waals surface area contributed by atoms with Gasteiger partial charge in [0.1, 0.15) is 28.7 Å². The van der Waals surface area contributed by atoms with E-state index < -0.39 is 52.4 Å². The lowest BCUT2D eigenvalue weighted by atomic mass is 10.00. The number of carbonyl (C=O) groups excluding carboxylic acids is 4. The molecule has 3 fully saturated rings. The SMILES string of the molecule is CNc1nc(Nc2ccc(C(=O)N3CCN(Cc4ccc(CSC(C)(C)C(NC(=O)C5(F)CC5)C(=O)N5C[C@H](O)C[C@H]5C(=O)N[C@@H](C)c5ccc(-c6scnc6C)cc5)cc4)CC3)cc2OC)ncc1Cl. The number of thiazole rings is 1. The molecule has 71 heavy (non-hydrogen) atoms. The number of nitrogens with zero attached hydrogens (tertiary/aromatic N) is 6. The zero-order valence-corrected chi connectivity index (χ0v) is 43.0.